The summed E-state index contributed by atoms with van der Waals surface area (Å²) in [7, 11) is 0. The molecule has 152 valence electrons. The molecule has 0 saturated heterocycles. The first-order valence-electron chi connectivity index (χ1n) is 9.11. The first kappa shape index (κ1) is 20.9. The third-order valence-corrected chi connectivity index (χ3v) is 5.72. The van der Waals surface area contributed by atoms with E-state index in [2.05, 4.69) is 15.7 Å². The maximum Gasteiger partial charge on any atom is 0.404 e. The fourth-order valence-electron chi connectivity index (χ4n) is 3.01. The van der Waals surface area contributed by atoms with Gasteiger partial charge in [0.05, 0.1) is 16.6 Å². The van der Waals surface area contributed by atoms with Crippen LogP contribution in [0, 0.1) is 0 Å². The van der Waals surface area contributed by atoms with Crippen LogP contribution in [0.4, 0.5) is 4.79 Å². The van der Waals surface area contributed by atoms with Gasteiger partial charge in [0.25, 0.3) is 5.91 Å². The van der Waals surface area contributed by atoms with E-state index in [0.717, 1.165) is 16.8 Å². The Balaban J connectivity index is 1.76. The van der Waals surface area contributed by atoms with Crippen LogP contribution in [-0.2, 0) is 13.0 Å². The molecule has 2 amide bonds. The molecule has 2 aromatic heterocycles. The molecule has 1 aromatic carbocycles. The number of hydrogen-bond donors (Lipinski definition) is 3. The van der Waals surface area contributed by atoms with Crippen LogP contribution < -0.4 is 10.6 Å². The van der Waals surface area contributed by atoms with Gasteiger partial charge < -0.3 is 15.7 Å². The summed E-state index contributed by atoms with van der Waals surface area (Å²) in [6.45, 7) is 2.77. The van der Waals surface area contributed by atoms with Crippen LogP contribution in [0.15, 0.2) is 48.7 Å². The summed E-state index contributed by atoms with van der Waals surface area (Å²) in [5.74, 6) is -0.293. The fourth-order valence-corrected chi connectivity index (χ4v) is 4.20. The summed E-state index contributed by atoms with van der Waals surface area (Å²) >= 11 is 7.57. The van der Waals surface area contributed by atoms with E-state index in [1.165, 1.54) is 11.3 Å². The molecular weight excluding hydrogens is 412 g/mol. The monoisotopic (exact) mass is 432 g/mol. The minimum absolute atomic E-state index is 0.102. The molecule has 0 radical (unpaired) electrons. The highest BCUT2D eigenvalue weighted by molar-refractivity contribution is 7.18. The number of halogens is 1. The maximum atomic E-state index is 12.8. The molecule has 3 aromatic rings. The Morgan fingerprint density at radius 3 is 2.72 bits per heavy atom. The zero-order valence-electron chi connectivity index (χ0n) is 15.8. The van der Waals surface area contributed by atoms with E-state index in [0.29, 0.717) is 22.2 Å². The average molecular weight is 433 g/mol. The van der Waals surface area contributed by atoms with Crippen molar-refractivity contribution in [2.75, 3.05) is 6.54 Å². The predicted octanol–water partition coefficient (Wildman–Crippen LogP) is 3.89. The summed E-state index contributed by atoms with van der Waals surface area (Å²) in [6, 6.07) is 12.8. The lowest BCUT2D eigenvalue weighted by molar-refractivity contribution is 0.0939. The van der Waals surface area contributed by atoms with E-state index < -0.39 is 12.1 Å². The van der Waals surface area contributed by atoms with Crippen LogP contribution in [0.25, 0.3) is 11.3 Å². The Morgan fingerprint density at radius 2 is 2.03 bits per heavy atom. The highest BCUT2D eigenvalue weighted by Gasteiger charge is 2.20. The molecule has 3 N–H and O–H groups in total. The minimum Gasteiger partial charge on any atom is -0.465 e. The summed E-state index contributed by atoms with van der Waals surface area (Å²) < 4.78 is 2.32. The SMILES string of the molecule is CCn1nccc1-c1cc(C(=O)NC(CNC(=O)O)Cc2ccccc2)sc1Cl. The molecule has 29 heavy (non-hydrogen) atoms. The average Bonchev–Trinajstić information content (AvgIpc) is 3.32. The van der Waals surface area contributed by atoms with Gasteiger partial charge in [0.15, 0.2) is 0 Å². The quantitative estimate of drug-likeness (QED) is 0.503. The van der Waals surface area contributed by atoms with Gasteiger partial charge in [-0.2, -0.15) is 5.10 Å². The summed E-state index contributed by atoms with van der Waals surface area (Å²) in [5.41, 5.74) is 2.60. The molecule has 0 aliphatic rings. The summed E-state index contributed by atoms with van der Waals surface area (Å²) in [5, 5.41) is 18.4. The second-order valence-corrected chi connectivity index (χ2v) is 8.03. The molecule has 0 aliphatic carbocycles. The van der Waals surface area contributed by atoms with Gasteiger partial charge in [-0.3, -0.25) is 9.48 Å². The molecular formula is C20H21ClN4O3S. The number of aromatic nitrogens is 2. The molecule has 1 unspecified atom stereocenters. The van der Waals surface area contributed by atoms with Crippen molar-refractivity contribution in [3.63, 3.8) is 0 Å². The van der Waals surface area contributed by atoms with Gasteiger partial charge in [-0.15, -0.1) is 11.3 Å². The number of hydrogen-bond acceptors (Lipinski definition) is 4. The minimum atomic E-state index is -1.13. The lowest BCUT2D eigenvalue weighted by Gasteiger charge is -2.18. The molecule has 0 aliphatic heterocycles. The number of thiophene rings is 1. The van der Waals surface area contributed by atoms with E-state index in [4.69, 9.17) is 16.7 Å². The van der Waals surface area contributed by atoms with Gasteiger partial charge in [-0.05, 0) is 31.0 Å². The van der Waals surface area contributed by atoms with Crippen LogP contribution in [-0.4, -0.2) is 39.5 Å². The molecule has 2 heterocycles. The number of nitrogens with zero attached hydrogens (tertiary/aromatic N) is 2. The zero-order chi connectivity index (χ0) is 20.8. The highest BCUT2D eigenvalue weighted by atomic mass is 35.5. The fraction of sp³-hybridized carbons (Fsp3) is 0.250. The van der Waals surface area contributed by atoms with E-state index in [9.17, 15) is 9.59 Å². The smallest absolute Gasteiger partial charge is 0.404 e. The van der Waals surface area contributed by atoms with Gasteiger partial charge in [0, 0.05) is 24.8 Å². The highest BCUT2D eigenvalue weighted by Crippen LogP contribution is 2.35. The van der Waals surface area contributed by atoms with Crippen molar-refractivity contribution in [1.82, 2.24) is 20.4 Å². The number of carbonyl (C=O) groups excluding carboxylic acids is 1. The van der Waals surface area contributed by atoms with Crippen molar-refractivity contribution in [1.29, 1.82) is 0 Å². The second kappa shape index (κ2) is 9.58. The Morgan fingerprint density at radius 1 is 1.28 bits per heavy atom. The molecule has 0 bridgehead atoms. The van der Waals surface area contributed by atoms with Crippen molar-refractivity contribution < 1.29 is 14.7 Å². The van der Waals surface area contributed by atoms with Gasteiger partial charge >= 0.3 is 6.09 Å². The normalized spacial score (nSPS) is 11.8. The van der Waals surface area contributed by atoms with Crippen LogP contribution in [0.5, 0.6) is 0 Å². The van der Waals surface area contributed by atoms with E-state index in [1.807, 2.05) is 48.0 Å². The number of rotatable bonds is 8. The van der Waals surface area contributed by atoms with Crippen molar-refractivity contribution in [2.24, 2.45) is 0 Å². The van der Waals surface area contributed by atoms with Crippen LogP contribution in [0.3, 0.4) is 0 Å². The number of carboxylic acid groups (broad SMARTS) is 1. The standard InChI is InChI=1S/C20H21ClN4O3S/c1-2-25-16(8-9-23-25)15-11-17(29-18(15)21)19(26)24-14(12-22-20(27)28)10-13-6-4-3-5-7-13/h3-9,11,14,22H,2,10,12H2,1H3,(H,24,26)(H,27,28). The number of aryl methyl sites for hydroxylation is 1. The molecule has 9 heteroatoms. The molecule has 0 saturated carbocycles. The lowest BCUT2D eigenvalue weighted by atomic mass is 10.1. The van der Waals surface area contributed by atoms with Crippen LogP contribution >= 0.6 is 22.9 Å². The van der Waals surface area contributed by atoms with Gasteiger partial charge in [-0.1, -0.05) is 41.9 Å². The molecule has 0 fully saturated rings. The first-order chi connectivity index (χ1) is 14.0. The van der Waals surface area contributed by atoms with Crippen molar-refractivity contribution >= 4 is 34.9 Å². The van der Waals surface area contributed by atoms with E-state index in [1.54, 1.807) is 12.3 Å². The van der Waals surface area contributed by atoms with E-state index in [-0.39, 0.29) is 12.5 Å². The molecule has 0 spiro atoms. The Kier molecular flexibility index (Phi) is 6.90. The second-order valence-electron chi connectivity index (χ2n) is 6.38. The van der Waals surface area contributed by atoms with Crippen molar-refractivity contribution in [2.45, 2.75) is 25.9 Å². The molecule has 7 nitrogen and oxygen atoms in total. The molecule has 1 atom stereocenters. The largest absolute Gasteiger partial charge is 0.465 e. The van der Waals surface area contributed by atoms with Crippen molar-refractivity contribution in [3.05, 3.63) is 63.4 Å². The van der Waals surface area contributed by atoms with Crippen molar-refractivity contribution in [3.8, 4) is 11.3 Å². The van der Waals surface area contributed by atoms with Gasteiger partial charge in [-0.25, -0.2) is 4.79 Å². The number of nitrogens with one attached hydrogen (secondary N) is 2. The topological polar surface area (TPSA) is 96.3 Å². The van der Waals surface area contributed by atoms with Crippen LogP contribution in [0.2, 0.25) is 4.34 Å². The Labute approximate surface area is 177 Å². The zero-order valence-corrected chi connectivity index (χ0v) is 17.3. The number of benzene rings is 1. The predicted molar refractivity (Wildman–Crippen MR) is 114 cm³/mol. The maximum absolute atomic E-state index is 12.8. The Bertz CT molecular complexity index is 987. The number of amides is 2. The first-order valence-corrected chi connectivity index (χ1v) is 10.3. The summed E-state index contributed by atoms with van der Waals surface area (Å²) in [6.07, 6.45) is 1.06. The van der Waals surface area contributed by atoms with Gasteiger partial charge in [0.1, 0.15) is 4.34 Å². The third kappa shape index (κ3) is 5.36. The number of carbonyl (C=O) groups is 2. The Hall–Kier alpha value is -2.84. The van der Waals surface area contributed by atoms with Gasteiger partial charge in [0.2, 0.25) is 0 Å². The van der Waals surface area contributed by atoms with Crippen LogP contribution in [0.1, 0.15) is 22.2 Å². The van der Waals surface area contributed by atoms with E-state index >= 15 is 0 Å². The lowest BCUT2D eigenvalue weighted by Crippen LogP contribution is -2.44. The molecule has 3 rings (SSSR count). The summed E-state index contributed by atoms with van der Waals surface area (Å²) in [4.78, 5) is 24.2. The third-order valence-electron chi connectivity index (χ3n) is 4.36.